The lowest BCUT2D eigenvalue weighted by Gasteiger charge is -2.14. The number of hydrogen-bond donors (Lipinski definition) is 1. The molecule has 0 heterocycles. The second kappa shape index (κ2) is 6.52. The zero-order chi connectivity index (χ0) is 14.5. The molecule has 0 saturated heterocycles. The molecular formula is C15H15BrN2O2. The normalized spacial score (nSPS) is 11.9. The van der Waals surface area contributed by atoms with Crippen LogP contribution >= 0.6 is 15.9 Å². The Morgan fingerprint density at radius 1 is 1.25 bits per heavy atom. The summed E-state index contributed by atoms with van der Waals surface area (Å²) in [5.74, 6) is 0.366. The molecule has 0 aliphatic carbocycles. The standard InChI is InChI=1S/C15H15BrN2O2/c1-11(12-5-3-2-4-6-12)10-17-13-7-8-15(18(19)20)14(16)9-13/h2-9,11,17H,10H2,1H3. The van der Waals surface area contributed by atoms with Crippen molar-refractivity contribution in [2.45, 2.75) is 12.8 Å². The molecule has 2 aromatic carbocycles. The third-order valence-electron chi connectivity index (χ3n) is 3.13. The first-order valence-corrected chi connectivity index (χ1v) is 7.10. The molecule has 0 bridgehead atoms. The highest BCUT2D eigenvalue weighted by Crippen LogP contribution is 2.28. The predicted octanol–water partition coefficient (Wildman–Crippen LogP) is 4.57. The van der Waals surface area contributed by atoms with Gasteiger partial charge in [-0.1, -0.05) is 37.3 Å². The number of anilines is 1. The molecule has 1 atom stereocenters. The van der Waals surface area contributed by atoms with E-state index < -0.39 is 4.92 Å². The van der Waals surface area contributed by atoms with E-state index in [4.69, 9.17) is 0 Å². The molecule has 20 heavy (non-hydrogen) atoms. The zero-order valence-corrected chi connectivity index (χ0v) is 12.6. The number of halogens is 1. The van der Waals surface area contributed by atoms with Gasteiger partial charge in [0.25, 0.3) is 5.69 Å². The van der Waals surface area contributed by atoms with Crippen molar-refractivity contribution < 1.29 is 4.92 Å². The van der Waals surface area contributed by atoms with Crippen molar-refractivity contribution in [3.05, 3.63) is 68.7 Å². The van der Waals surface area contributed by atoms with Crippen LogP contribution in [0.4, 0.5) is 11.4 Å². The van der Waals surface area contributed by atoms with Gasteiger partial charge in [0.1, 0.15) is 0 Å². The van der Waals surface area contributed by atoms with Gasteiger partial charge in [-0.3, -0.25) is 10.1 Å². The Hall–Kier alpha value is -1.88. The van der Waals surface area contributed by atoms with Crippen LogP contribution in [0.15, 0.2) is 53.0 Å². The first-order valence-electron chi connectivity index (χ1n) is 6.30. The molecular weight excluding hydrogens is 320 g/mol. The molecule has 0 aliphatic heterocycles. The number of nitro benzene ring substituents is 1. The summed E-state index contributed by atoms with van der Waals surface area (Å²) in [5.41, 5.74) is 2.21. The summed E-state index contributed by atoms with van der Waals surface area (Å²) in [7, 11) is 0. The zero-order valence-electron chi connectivity index (χ0n) is 11.0. The van der Waals surface area contributed by atoms with Crippen LogP contribution < -0.4 is 5.32 Å². The van der Waals surface area contributed by atoms with E-state index in [0.717, 1.165) is 12.2 Å². The van der Waals surface area contributed by atoms with Crippen molar-refractivity contribution in [2.24, 2.45) is 0 Å². The van der Waals surface area contributed by atoms with Crippen LogP contribution in [0.5, 0.6) is 0 Å². The molecule has 0 spiro atoms. The van der Waals surface area contributed by atoms with E-state index in [-0.39, 0.29) is 5.69 Å². The van der Waals surface area contributed by atoms with E-state index in [9.17, 15) is 10.1 Å². The molecule has 104 valence electrons. The molecule has 0 radical (unpaired) electrons. The second-order valence-electron chi connectivity index (χ2n) is 4.62. The van der Waals surface area contributed by atoms with Gasteiger partial charge in [0.2, 0.25) is 0 Å². The van der Waals surface area contributed by atoms with Gasteiger partial charge < -0.3 is 5.32 Å². The molecule has 5 heteroatoms. The lowest BCUT2D eigenvalue weighted by Crippen LogP contribution is -2.09. The Morgan fingerprint density at radius 2 is 1.95 bits per heavy atom. The van der Waals surface area contributed by atoms with Gasteiger partial charge in [0.15, 0.2) is 0 Å². The highest BCUT2D eigenvalue weighted by molar-refractivity contribution is 9.10. The maximum absolute atomic E-state index is 10.7. The fourth-order valence-corrected chi connectivity index (χ4v) is 2.46. The number of rotatable bonds is 5. The van der Waals surface area contributed by atoms with Crippen LogP contribution in [0.2, 0.25) is 0 Å². The minimum Gasteiger partial charge on any atom is -0.384 e. The Morgan fingerprint density at radius 3 is 2.55 bits per heavy atom. The van der Waals surface area contributed by atoms with Crippen LogP contribution in [0.1, 0.15) is 18.4 Å². The SMILES string of the molecule is CC(CNc1ccc([N+](=O)[O-])c(Br)c1)c1ccccc1. The number of nitrogens with zero attached hydrogens (tertiary/aromatic N) is 1. The fourth-order valence-electron chi connectivity index (χ4n) is 1.94. The monoisotopic (exact) mass is 334 g/mol. The number of nitrogens with one attached hydrogen (secondary N) is 1. The van der Waals surface area contributed by atoms with Crippen molar-refractivity contribution in [3.8, 4) is 0 Å². The highest BCUT2D eigenvalue weighted by atomic mass is 79.9. The molecule has 0 saturated carbocycles. The molecule has 1 unspecified atom stereocenters. The Labute approximate surface area is 126 Å². The van der Waals surface area contributed by atoms with Crippen molar-refractivity contribution in [1.82, 2.24) is 0 Å². The fraction of sp³-hybridized carbons (Fsp3) is 0.200. The lowest BCUT2D eigenvalue weighted by atomic mass is 10.0. The van der Waals surface area contributed by atoms with Gasteiger partial charge in [-0.05, 0) is 39.5 Å². The summed E-state index contributed by atoms with van der Waals surface area (Å²) in [6, 6.07) is 15.2. The van der Waals surface area contributed by atoms with Crippen LogP contribution in [0, 0.1) is 10.1 Å². The third-order valence-corrected chi connectivity index (χ3v) is 3.76. The quantitative estimate of drug-likeness (QED) is 0.643. The Kier molecular flexibility index (Phi) is 4.74. The van der Waals surface area contributed by atoms with E-state index in [1.807, 2.05) is 18.2 Å². The number of benzene rings is 2. The molecule has 1 N–H and O–H groups in total. The van der Waals surface area contributed by atoms with Crippen LogP contribution in [0.25, 0.3) is 0 Å². The molecule has 2 rings (SSSR count). The summed E-state index contributed by atoms with van der Waals surface area (Å²) in [6.07, 6.45) is 0. The Balaban J connectivity index is 2.01. The largest absolute Gasteiger partial charge is 0.384 e. The summed E-state index contributed by atoms with van der Waals surface area (Å²) < 4.78 is 0.486. The van der Waals surface area contributed by atoms with Crippen molar-refractivity contribution in [2.75, 3.05) is 11.9 Å². The average Bonchev–Trinajstić information content (AvgIpc) is 2.45. The molecule has 0 aromatic heterocycles. The van der Waals surface area contributed by atoms with Gasteiger partial charge in [0, 0.05) is 18.3 Å². The summed E-state index contributed by atoms with van der Waals surface area (Å²) in [4.78, 5) is 10.3. The third kappa shape index (κ3) is 3.57. The smallest absolute Gasteiger partial charge is 0.283 e. The first-order chi connectivity index (χ1) is 9.58. The molecule has 0 fully saturated rings. The van der Waals surface area contributed by atoms with Crippen molar-refractivity contribution in [1.29, 1.82) is 0 Å². The Bertz CT molecular complexity index is 602. The van der Waals surface area contributed by atoms with Gasteiger partial charge in [-0.25, -0.2) is 0 Å². The molecule has 2 aromatic rings. The summed E-state index contributed by atoms with van der Waals surface area (Å²) >= 11 is 3.22. The van der Waals surface area contributed by atoms with E-state index in [0.29, 0.717) is 10.4 Å². The maximum Gasteiger partial charge on any atom is 0.283 e. The van der Waals surface area contributed by atoms with Crippen molar-refractivity contribution >= 4 is 27.3 Å². The summed E-state index contributed by atoms with van der Waals surface area (Å²) in [6.45, 7) is 2.91. The van der Waals surface area contributed by atoms with E-state index in [1.54, 1.807) is 12.1 Å². The van der Waals surface area contributed by atoms with Crippen LogP contribution in [-0.2, 0) is 0 Å². The van der Waals surface area contributed by atoms with E-state index >= 15 is 0 Å². The minimum absolute atomic E-state index is 0.0756. The highest BCUT2D eigenvalue weighted by Gasteiger charge is 2.12. The average molecular weight is 335 g/mol. The van der Waals surface area contributed by atoms with E-state index in [2.05, 4.69) is 40.3 Å². The van der Waals surface area contributed by atoms with Gasteiger partial charge >= 0.3 is 0 Å². The lowest BCUT2D eigenvalue weighted by molar-refractivity contribution is -0.385. The van der Waals surface area contributed by atoms with Gasteiger partial charge in [-0.15, -0.1) is 0 Å². The van der Waals surface area contributed by atoms with Gasteiger partial charge in [-0.2, -0.15) is 0 Å². The topological polar surface area (TPSA) is 55.2 Å². The van der Waals surface area contributed by atoms with Crippen molar-refractivity contribution in [3.63, 3.8) is 0 Å². The number of hydrogen-bond acceptors (Lipinski definition) is 3. The van der Waals surface area contributed by atoms with Gasteiger partial charge in [0.05, 0.1) is 9.40 Å². The maximum atomic E-state index is 10.7. The molecule has 4 nitrogen and oxygen atoms in total. The number of nitro groups is 1. The van der Waals surface area contributed by atoms with E-state index in [1.165, 1.54) is 11.6 Å². The summed E-state index contributed by atoms with van der Waals surface area (Å²) in [5, 5.41) is 14.0. The first kappa shape index (κ1) is 14.5. The minimum atomic E-state index is -0.402. The molecule has 0 aliphatic rings. The molecule has 0 amide bonds. The predicted molar refractivity (Wildman–Crippen MR) is 84.1 cm³/mol. The van der Waals surface area contributed by atoms with Crippen LogP contribution in [-0.4, -0.2) is 11.5 Å². The van der Waals surface area contributed by atoms with Crippen LogP contribution in [0.3, 0.4) is 0 Å². The second-order valence-corrected chi connectivity index (χ2v) is 5.47.